The van der Waals surface area contributed by atoms with Gasteiger partial charge in [0.2, 0.25) is 0 Å². The number of benzene rings is 1. The molecule has 0 aliphatic heterocycles. The zero-order valence-corrected chi connectivity index (χ0v) is 10.6. The van der Waals surface area contributed by atoms with Crippen LogP contribution in [-0.4, -0.2) is 16.0 Å². The highest BCUT2D eigenvalue weighted by molar-refractivity contribution is 6.03. The molecule has 1 aromatic carbocycles. The van der Waals surface area contributed by atoms with E-state index >= 15 is 0 Å². The fraction of sp³-hybridized carbons (Fsp3) is 0.0714. The Morgan fingerprint density at radius 2 is 2.14 bits per heavy atom. The van der Waals surface area contributed by atoms with Crippen LogP contribution in [0.25, 0.3) is 11.0 Å². The fourth-order valence-electron chi connectivity index (χ4n) is 1.87. The first-order valence-electron chi connectivity index (χ1n) is 6.06. The molecular formula is C14H9F2N3O2. The van der Waals surface area contributed by atoms with Gasteiger partial charge in [0.05, 0.1) is 5.39 Å². The number of rotatable bonds is 3. The summed E-state index contributed by atoms with van der Waals surface area (Å²) in [7, 11) is 0. The molecule has 7 heteroatoms. The summed E-state index contributed by atoms with van der Waals surface area (Å²) in [5, 5.41) is 6.63. The van der Waals surface area contributed by atoms with Crippen LogP contribution in [-0.2, 0) is 6.54 Å². The summed E-state index contributed by atoms with van der Waals surface area (Å²) in [5.74, 6) is -1.91. The van der Waals surface area contributed by atoms with Crippen LogP contribution in [0.5, 0.6) is 0 Å². The summed E-state index contributed by atoms with van der Waals surface area (Å²) in [6.07, 6.45) is 2.97. The Hall–Kier alpha value is -2.83. The van der Waals surface area contributed by atoms with Gasteiger partial charge >= 0.3 is 0 Å². The summed E-state index contributed by atoms with van der Waals surface area (Å²) < 4.78 is 31.2. The van der Waals surface area contributed by atoms with E-state index in [9.17, 15) is 13.6 Å². The molecule has 3 rings (SSSR count). The molecule has 2 heterocycles. The topological polar surface area (TPSA) is 68.0 Å². The van der Waals surface area contributed by atoms with Gasteiger partial charge in [-0.25, -0.2) is 8.78 Å². The van der Waals surface area contributed by atoms with Crippen molar-refractivity contribution in [3.63, 3.8) is 0 Å². The molecule has 0 fully saturated rings. The first-order chi connectivity index (χ1) is 10.1. The number of pyridine rings is 1. The van der Waals surface area contributed by atoms with E-state index in [-0.39, 0.29) is 17.8 Å². The standard InChI is InChI=1S/C14H9F2N3O2/c15-9-2-1-8(11(16)5-9)6-18-14(20)13-10-7-17-4-3-12(10)21-19-13/h1-5,7H,6H2,(H,18,20). The second kappa shape index (κ2) is 5.28. The lowest BCUT2D eigenvalue weighted by molar-refractivity contribution is 0.0943. The number of hydrogen-bond donors (Lipinski definition) is 1. The first kappa shape index (κ1) is 13.2. The van der Waals surface area contributed by atoms with Gasteiger partial charge in [-0.3, -0.25) is 9.78 Å². The molecule has 0 saturated carbocycles. The van der Waals surface area contributed by atoms with Gasteiger partial charge < -0.3 is 9.84 Å². The summed E-state index contributed by atoms with van der Waals surface area (Å²) in [6.45, 7) is -0.0838. The van der Waals surface area contributed by atoms with Crippen molar-refractivity contribution >= 4 is 16.9 Å². The highest BCUT2D eigenvalue weighted by Gasteiger charge is 2.16. The van der Waals surface area contributed by atoms with Crippen molar-refractivity contribution in [3.8, 4) is 0 Å². The number of carbonyl (C=O) groups is 1. The smallest absolute Gasteiger partial charge is 0.274 e. The van der Waals surface area contributed by atoms with Crippen molar-refractivity contribution in [2.45, 2.75) is 6.54 Å². The monoisotopic (exact) mass is 289 g/mol. The highest BCUT2D eigenvalue weighted by Crippen LogP contribution is 2.16. The minimum atomic E-state index is -0.720. The predicted molar refractivity (Wildman–Crippen MR) is 69.3 cm³/mol. The molecule has 0 atom stereocenters. The normalized spacial score (nSPS) is 10.8. The number of halogens is 2. The van der Waals surface area contributed by atoms with Gasteiger partial charge in [0.1, 0.15) is 11.6 Å². The Morgan fingerprint density at radius 3 is 2.95 bits per heavy atom. The van der Waals surface area contributed by atoms with E-state index in [1.807, 2.05) is 0 Å². The molecule has 0 bridgehead atoms. The maximum absolute atomic E-state index is 13.5. The predicted octanol–water partition coefficient (Wildman–Crippen LogP) is 2.43. The lowest BCUT2D eigenvalue weighted by Gasteiger charge is -2.04. The van der Waals surface area contributed by atoms with Crippen LogP contribution < -0.4 is 5.32 Å². The first-order valence-corrected chi connectivity index (χ1v) is 6.06. The molecule has 21 heavy (non-hydrogen) atoms. The van der Waals surface area contributed by atoms with E-state index in [1.165, 1.54) is 18.5 Å². The van der Waals surface area contributed by atoms with E-state index in [2.05, 4.69) is 15.5 Å². The van der Waals surface area contributed by atoms with E-state index in [0.717, 1.165) is 12.1 Å². The zero-order valence-electron chi connectivity index (χ0n) is 10.6. The van der Waals surface area contributed by atoms with Crippen LogP contribution in [0, 0.1) is 11.6 Å². The van der Waals surface area contributed by atoms with Crippen molar-refractivity contribution < 1.29 is 18.1 Å². The number of hydrogen-bond acceptors (Lipinski definition) is 4. The third-order valence-corrected chi connectivity index (χ3v) is 2.94. The van der Waals surface area contributed by atoms with Crippen molar-refractivity contribution in [2.24, 2.45) is 0 Å². The molecule has 3 aromatic rings. The zero-order chi connectivity index (χ0) is 14.8. The van der Waals surface area contributed by atoms with E-state index in [1.54, 1.807) is 6.07 Å². The molecule has 1 N–H and O–H groups in total. The molecular weight excluding hydrogens is 280 g/mol. The molecule has 0 aliphatic carbocycles. The summed E-state index contributed by atoms with van der Waals surface area (Å²) >= 11 is 0. The van der Waals surface area contributed by atoms with Gasteiger partial charge in [-0.1, -0.05) is 11.2 Å². The van der Waals surface area contributed by atoms with E-state index in [0.29, 0.717) is 11.0 Å². The number of amides is 1. The molecule has 0 aliphatic rings. The number of aromatic nitrogens is 2. The molecule has 0 unspecified atom stereocenters. The summed E-state index contributed by atoms with van der Waals surface area (Å²) in [4.78, 5) is 15.9. The van der Waals surface area contributed by atoms with Gasteiger partial charge in [-0.15, -0.1) is 0 Å². The Bertz CT molecular complexity index is 817. The second-order valence-electron chi connectivity index (χ2n) is 4.32. The number of nitrogens with one attached hydrogen (secondary N) is 1. The minimum Gasteiger partial charge on any atom is -0.355 e. The van der Waals surface area contributed by atoms with Gasteiger partial charge in [0, 0.05) is 36.6 Å². The third-order valence-electron chi connectivity index (χ3n) is 2.94. The molecule has 0 radical (unpaired) electrons. The van der Waals surface area contributed by atoms with Crippen LogP contribution in [0.1, 0.15) is 16.1 Å². The van der Waals surface area contributed by atoms with Crippen molar-refractivity contribution in [3.05, 3.63) is 59.6 Å². The second-order valence-corrected chi connectivity index (χ2v) is 4.32. The number of nitrogens with zero attached hydrogens (tertiary/aromatic N) is 2. The van der Waals surface area contributed by atoms with Gasteiger partial charge in [-0.2, -0.15) is 0 Å². The Balaban J connectivity index is 1.77. The van der Waals surface area contributed by atoms with Crippen molar-refractivity contribution in [1.82, 2.24) is 15.5 Å². The largest absolute Gasteiger partial charge is 0.355 e. The average Bonchev–Trinajstić information content (AvgIpc) is 2.90. The summed E-state index contributed by atoms with van der Waals surface area (Å²) in [5.41, 5.74) is 0.680. The molecule has 0 saturated heterocycles. The maximum atomic E-state index is 13.5. The Kier molecular flexibility index (Phi) is 3.31. The van der Waals surface area contributed by atoms with Gasteiger partial charge in [0.15, 0.2) is 11.3 Å². The summed E-state index contributed by atoms with van der Waals surface area (Å²) in [6, 6.07) is 4.74. The lowest BCUT2D eigenvalue weighted by atomic mass is 10.2. The quantitative estimate of drug-likeness (QED) is 0.804. The Labute approximate surface area is 117 Å². The molecule has 2 aromatic heterocycles. The fourth-order valence-corrected chi connectivity index (χ4v) is 1.87. The SMILES string of the molecule is O=C(NCc1ccc(F)cc1F)c1noc2ccncc12. The van der Waals surface area contributed by atoms with Gasteiger partial charge in [0.25, 0.3) is 5.91 Å². The van der Waals surface area contributed by atoms with Crippen molar-refractivity contribution in [2.75, 3.05) is 0 Å². The van der Waals surface area contributed by atoms with Crippen LogP contribution >= 0.6 is 0 Å². The number of carbonyl (C=O) groups excluding carboxylic acids is 1. The minimum absolute atomic E-state index is 0.0700. The van der Waals surface area contributed by atoms with Crippen molar-refractivity contribution in [1.29, 1.82) is 0 Å². The van der Waals surface area contributed by atoms with Crippen LogP contribution in [0.15, 0.2) is 41.2 Å². The molecule has 0 spiro atoms. The average molecular weight is 289 g/mol. The van der Waals surface area contributed by atoms with E-state index < -0.39 is 17.5 Å². The Morgan fingerprint density at radius 1 is 1.29 bits per heavy atom. The lowest BCUT2D eigenvalue weighted by Crippen LogP contribution is -2.23. The van der Waals surface area contributed by atoms with Crippen LogP contribution in [0.3, 0.4) is 0 Å². The maximum Gasteiger partial charge on any atom is 0.274 e. The van der Waals surface area contributed by atoms with E-state index in [4.69, 9.17) is 4.52 Å². The molecule has 5 nitrogen and oxygen atoms in total. The molecule has 106 valence electrons. The molecule has 1 amide bonds. The number of fused-ring (bicyclic) bond motifs is 1. The van der Waals surface area contributed by atoms with Gasteiger partial charge in [-0.05, 0) is 6.07 Å². The highest BCUT2D eigenvalue weighted by atomic mass is 19.1. The van der Waals surface area contributed by atoms with Crippen LogP contribution in [0.2, 0.25) is 0 Å². The van der Waals surface area contributed by atoms with Crippen LogP contribution in [0.4, 0.5) is 8.78 Å². The third kappa shape index (κ3) is 2.58.